The Hall–Kier alpha value is -2.67. The molecule has 0 bridgehead atoms. The minimum atomic E-state index is -0.0809. The van der Waals surface area contributed by atoms with Gasteiger partial charge in [0.15, 0.2) is 28.8 Å². The molecule has 0 heterocycles. The van der Waals surface area contributed by atoms with Gasteiger partial charge in [0.25, 0.3) is 0 Å². The minimum Gasteiger partial charge on any atom is -0.493 e. The van der Waals surface area contributed by atoms with E-state index in [0.717, 1.165) is 17.5 Å². The fourth-order valence-corrected chi connectivity index (χ4v) is 4.11. The maximum atomic E-state index is 13.3. The van der Waals surface area contributed by atoms with Crippen LogP contribution in [0.5, 0.6) is 28.7 Å². The first-order chi connectivity index (χ1) is 14.0. The number of hydrogen-bond acceptors (Lipinski definition) is 6. The molecule has 3 rings (SSSR count). The van der Waals surface area contributed by atoms with Crippen molar-refractivity contribution in [1.82, 2.24) is 0 Å². The van der Waals surface area contributed by atoms with E-state index in [9.17, 15) is 4.79 Å². The van der Waals surface area contributed by atoms with Crippen molar-refractivity contribution in [3.8, 4) is 28.7 Å². The molecule has 2 aromatic rings. The number of rotatable bonds is 6. The van der Waals surface area contributed by atoms with Gasteiger partial charge in [-0.25, -0.2) is 0 Å². The highest BCUT2D eigenvalue weighted by Crippen LogP contribution is 2.46. The first-order valence-electron chi connectivity index (χ1n) is 8.98. The van der Waals surface area contributed by atoms with Gasteiger partial charge in [-0.3, -0.25) is 4.79 Å². The molecule has 0 spiro atoms. The summed E-state index contributed by atoms with van der Waals surface area (Å²) in [6.45, 7) is 0. The zero-order chi connectivity index (χ0) is 21.1. The Kier molecular flexibility index (Phi) is 6.37. The largest absolute Gasteiger partial charge is 0.493 e. The summed E-state index contributed by atoms with van der Waals surface area (Å²) in [5, 5.41) is 0. The predicted molar refractivity (Wildman–Crippen MR) is 114 cm³/mol. The number of aryl methyl sites for hydroxylation is 1. The fourth-order valence-electron chi connectivity index (χ4n) is 3.54. The van der Waals surface area contributed by atoms with Gasteiger partial charge in [0.05, 0.1) is 45.6 Å². The summed E-state index contributed by atoms with van der Waals surface area (Å²) in [7, 11) is 7.76. The number of carbonyl (C=O) groups excluding carboxylic acids is 1. The standard InChI is InChI=1S/C22H23BrO6/c1-25-15-9-8-12-6-7-13(19(24)17(12)20(15)27-3)10-14-11-16(26-2)21(28-4)22(29-5)18(14)23/h8-11H,6-7H2,1-5H3. The lowest BCUT2D eigenvalue weighted by molar-refractivity contribution is 0.102. The lowest BCUT2D eigenvalue weighted by atomic mass is 9.85. The molecule has 154 valence electrons. The van der Waals surface area contributed by atoms with E-state index in [4.69, 9.17) is 23.7 Å². The van der Waals surface area contributed by atoms with E-state index in [2.05, 4.69) is 15.9 Å². The van der Waals surface area contributed by atoms with Gasteiger partial charge in [-0.05, 0) is 58.1 Å². The second-order valence-corrected chi connectivity index (χ2v) is 7.18. The van der Waals surface area contributed by atoms with Crippen molar-refractivity contribution in [2.24, 2.45) is 0 Å². The average Bonchev–Trinajstić information content (AvgIpc) is 2.75. The highest BCUT2D eigenvalue weighted by molar-refractivity contribution is 9.10. The molecule has 0 aromatic heterocycles. The van der Waals surface area contributed by atoms with Crippen molar-refractivity contribution in [3.63, 3.8) is 0 Å². The van der Waals surface area contributed by atoms with Crippen molar-refractivity contribution >= 4 is 27.8 Å². The van der Waals surface area contributed by atoms with Crippen LogP contribution in [-0.2, 0) is 6.42 Å². The van der Waals surface area contributed by atoms with Crippen LogP contribution in [0.15, 0.2) is 28.2 Å². The second-order valence-electron chi connectivity index (χ2n) is 6.38. The van der Waals surface area contributed by atoms with Gasteiger partial charge < -0.3 is 23.7 Å². The molecular formula is C22H23BrO6. The van der Waals surface area contributed by atoms with Crippen molar-refractivity contribution < 1.29 is 28.5 Å². The molecule has 6 nitrogen and oxygen atoms in total. The third kappa shape index (κ3) is 3.67. The van der Waals surface area contributed by atoms with Gasteiger partial charge in [0.1, 0.15) is 0 Å². The first kappa shape index (κ1) is 21.0. The minimum absolute atomic E-state index is 0.0809. The van der Waals surface area contributed by atoms with Crippen LogP contribution in [-0.4, -0.2) is 41.3 Å². The number of halogens is 1. The molecule has 0 saturated heterocycles. The number of ketones is 1. The van der Waals surface area contributed by atoms with Crippen molar-refractivity contribution in [2.75, 3.05) is 35.5 Å². The third-order valence-electron chi connectivity index (χ3n) is 4.94. The van der Waals surface area contributed by atoms with Gasteiger partial charge in [0, 0.05) is 5.57 Å². The summed E-state index contributed by atoms with van der Waals surface area (Å²) in [4.78, 5) is 13.3. The molecule has 0 unspecified atom stereocenters. The number of carbonyl (C=O) groups is 1. The van der Waals surface area contributed by atoms with E-state index in [0.29, 0.717) is 50.8 Å². The maximum Gasteiger partial charge on any atom is 0.204 e. The molecule has 0 radical (unpaired) electrons. The van der Waals surface area contributed by atoms with Crippen LogP contribution in [0.2, 0.25) is 0 Å². The van der Waals surface area contributed by atoms with Crippen molar-refractivity contribution in [2.45, 2.75) is 12.8 Å². The Bertz CT molecular complexity index is 980. The summed E-state index contributed by atoms with van der Waals surface area (Å²) in [5.74, 6) is 2.42. The first-order valence-corrected chi connectivity index (χ1v) is 9.77. The number of hydrogen-bond donors (Lipinski definition) is 0. The van der Waals surface area contributed by atoms with E-state index in [1.807, 2.05) is 24.3 Å². The summed E-state index contributed by atoms with van der Waals surface area (Å²) in [6, 6.07) is 5.56. The number of benzene rings is 2. The molecule has 0 saturated carbocycles. The number of allylic oxidation sites excluding steroid dienone is 1. The third-order valence-corrected chi connectivity index (χ3v) is 5.76. The average molecular weight is 463 g/mol. The molecule has 2 aromatic carbocycles. The van der Waals surface area contributed by atoms with E-state index < -0.39 is 0 Å². The Morgan fingerprint density at radius 2 is 1.48 bits per heavy atom. The van der Waals surface area contributed by atoms with Crippen LogP contribution >= 0.6 is 15.9 Å². The van der Waals surface area contributed by atoms with Crippen molar-refractivity contribution in [3.05, 3.63) is 44.9 Å². The lowest BCUT2D eigenvalue weighted by Crippen LogP contribution is -2.16. The fraction of sp³-hybridized carbons (Fsp3) is 0.318. The summed E-state index contributed by atoms with van der Waals surface area (Å²) < 4.78 is 27.9. The molecule has 7 heteroatoms. The van der Waals surface area contributed by atoms with Crippen LogP contribution in [0, 0.1) is 0 Å². The quantitative estimate of drug-likeness (QED) is 0.579. The van der Waals surface area contributed by atoms with E-state index in [1.54, 1.807) is 35.5 Å². The summed E-state index contributed by atoms with van der Waals surface area (Å²) in [5.41, 5.74) is 2.92. The Balaban J connectivity index is 2.13. The molecular weight excluding hydrogens is 440 g/mol. The molecule has 0 fully saturated rings. The zero-order valence-corrected chi connectivity index (χ0v) is 18.6. The molecule has 0 atom stereocenters. The lowest BCUT2D eigenvalue weighted by Gasteiger charge is -2.22. The van der Waals surface area contributed by atoms with E-state index >= 15 is 0 Å². The van der Waals surface area contributed by atoms with Crippen LogP contribution < -0.4 is 23.7 Å². The Labute approximate surface area is 178 Å². The van der Waals surface area contributed by atoms with Gasteiger partial charge in [-0.15, -0.1) is 0 Å². The number of methoxy groups -OCH3 is 5. The van der Waals surface area contributed by atoms with E-state index in [-0.39, 0.29) is 5.78 Å². The molecule has 29 heavy (non-hydrogen) atoms. The van der Waals surface area contributed by atoms with Gasteiger partial charge in [-0.2, -0.15) is 0 Å². The molecule has 0 amide bonds. The topological polar surface area (TPSA) is 63.2 Å². The SMILES string of the molecule is COc1cc(C=C2CCc3ccc(OC)c(OC)c3C2=O)c(Br)c(OC)c1OC. The van der Waals surface area contributed by atoms with Gasteiger partial charge in [0.2, 0.25) is 5.75 Å². The normalized spacial score (nSPS) is 14.4. The summed E-state index contributed by atoms with van der Waals surface area (Å²) in [6.07, 6.45) is 3.19. The smallest absolute Gasteiger partial charge is 0.204 e. The molecule has 0 N–H and O–H groups in total. The molecule has 0 aliphatic heterocycles. The molecule has 1 aliphatic rings. The summed E-state index contributed by atoms with van der Waals surface area (Å²) >= 11 is 3.56. The monoisotopic (exact) mass is 462 g/mol. The number of Topliss-reactive ketones (excluding diaryl/α,β-unsaturated/α-hetero) is 1. The van der Waals surface area contributed by atoms with Gasteiger partial charge >= 0.3 is 0 Å². The maximum absolute atomic E-state index is 13.3. The van der Waals surface area contributed by atoms with Crippen LogP contribution in [0.25, 0.3) is 6.08 Å². The van der Waals surface area contributed by atoms with Gasteiger partial charge in [-0.1, -0.05) is 6.07 Å². The highest BCUT2D eigenvalue weighted by atomic mass is 79.9. The molecule has 1 aliphatic carbocycles. The number of fused-ring (bicyclic) bond motifs is 1. The predicted octanol–water partition coefficient (Wildman–Crippen LogP) is 4.70. The second kappa shape index (κ2) is 8.78. The number of ether oxygens (including phenoxy) is 5. The Morgan fingerprint density at radius 3 is 2.07 bits per heavy atom. The zero-order valence-electron chi connectivity index (χ0n) is 17.1. The van der Waals surface area contributed by atoms with Crippen LogP contribution in [0.3, 0.4) is 0 Å². The van der Waals surface area contributed by atoms with Crippen LogP contribution in [0.1, 0.15) is 27.9 Å². The van der Waals surface area contributed by atoms with E-state index in [1.165, 1.54) is 0 Å². The highest BCUT2D eigenvalue weighted by Gasteiger charge is 2.28. The van der Waals surface area contributed by atoms with Crippen molar-refractivity contribution in [1.29, 1.82) is 0 Å². The van der Waals surface area contributed by atoms with Crippen LogP contribution in [0.4, 0.5) is 0 Å². The Morgan fingerprint density at radius 1 is 0.828 bits per heavy atom.